The molecule has 2 aromatic rings. The number of nitrogens with one attached hydrogen (secondary N) is 2. The van der Waals surface area contributed by atoms with Crippen molar-refractivity contribution in [3.63, 3.8) is 0 Å². The number of non-ortho nitro benzene ring substituents is 1. The Morgan fingerprint density at radius 3 is 2.42 bits per heavy atom. The Labute approximate surface area is 162 Å². The summed E-state index contributed by atoms with van der Waals surface area (Å²) in [7, 11) is 1.37. The van der Waals surface area contributed by atoms with Gasteiger partial charge in [0.1, 0.15) is 5.82 Å². The van der Waals surface area contributed by atoms with Crippen LogP contribution in [0.2, 0.25) is 10.0 Å². The summed E-state index contributed by atoms with van der Waals surface area (Å²) in [6, 6.07) is 5.50. The summed E-state index contributed by atoms with van der Waals surface area (Å²) < 4.78 is 18.7. The third-order valence-corrected chi connectivity index (χ3v) is 3.87. The van der Waals surface area contributed by atoms with Crippen molar-refractivity contribution < 1.29 is 18.8 Å². The summed E-state index contributed by atoms with van der Waals surface area (Å²) in [4.78, 5) is 22.3. The smallest absolute Gasteiger partial charge is 0.271 e. The van der Waals surface area contributed by atoms with E-state index < -0.39 is 16.6 Å². The molecule has 7 nitrogen and oxygen atoms in total. The molecule has 0 heterocycles. The van der Waals surface area contributed by atoms with Crippen molar-refractivity contribution >= 4 is 57.8 Å². The molecule has 26 heavy (non-hydrogen) atoms. The first-order valence-electron chi connectivity index (χ1n) is 6.82. The molecule has 0 bridgehead atoms. The molecule has 0 aromatic heterocycles. The molecule has 0 radical (unpaired) electrons. The lowest BCUT2D eigenvalue weighted by Crippen LogP contribution is -2.34. The van der Waals surface area contributed by atoms with Gasteiger partial charge in [-0.05, 0) is 30.4 Å². The van der Waals surface area contributed by atoms with Gasteiger partial charge in [-0.2, -0.15) is 0 Å². The number of thiocarbonyl (C=S) groups is 1. The first kappa shape index (κ1) is 19.8. The van der Waals surface area contributed by atoms with E-state index in [4.69, 9.17) is 40.2 Å². The zero-order valence-electron chi connectivity index (χ0n) is 13.0. The van der Waals surface area contributed by atoms with E-state index in [-0.39, 0.29) is 37.8 Å². The first-order valence-corrected chi connectivity index (χ1v) is 7.98. The summed E-state index contributed by atoms with van der Waals surface area (Å²) in [6.45, 7) is 0. The minimum absolute atomic E-state index is 0.0875. The molecular weight excluding hydrogens is 408 g/mol. The Bertz CT molecular complexity index is 887. The van der Waals surface area contributed by atoms with Gasteiger partial charge in [0.15, 0.2) is 10.9 Å². The first-order chi connectivity index (χ1) is 12.2. The van der Waals surface area contributed by atoms with E-state index in [1.54, 1.807) is 0 Å². The molecular formula is C15H10Cl2FN3O4S. The van der Waals surface area contributed by atoms with Crippen LogP contribution in [0.4, 0.5) is 15.8 Å². The van der Waals surface area contributed by atoms with Gasteiger partial charge in [0.25, 0.3) is 11.6 Å². The molecule has 0 aliphatic carbocycles. The summed E-state index contributed by atoms with van der Waals surface area (Å²) >= 11 is 16.8. The van der Waals surface area contributed by atoms with E-state index in [9.17, 15) is 19.3 Å². The Balaban J connectivity index is 2.14. The van der Waals surface area contributed by atoms with Crippen LogP contribution in [0, 0.1) is 15.9 Å². The molecule has 136 valence electrons. The largest absolute Gasteiger partial charge is 0.494 e. The third-order valence-electron chi connectivity index (χ3n) is 3.10. The number of carbonyl (C=O) groups excluding carboxylic acids is 1. The molecule has 0 aliphatic heterocycles. The third kappa shape index (κ3) is 4.57. The van der Waals surface area contributed by atoms with Crippen LogP contribution in [0.15, 0.2) is 30.3 Å². The minimum Gasteiger partial charge on any atom is -0.494 e. The maximum absolute atomic E-state index is 13.7. The lowest BCUT2D eigenvalue weighted by molar-refractivity contribution is -0.384. The fourth-order valence-electron chi connectivity index (χ4n) is 1.94. The number of hydrogen-bond acceptors (Lipinski definition) is 5. The van der Waals surface area contributed by atoms with Crippen LogP contribution < -0.4 is 15.4 Å². The van der Waals surface area contributed by atoms with Gasteiger partial charge < -0.3 is 10.1 Å². The zero-order chi connectivity index (χ0) is 19.4. The Kier molecular flexibility index (Phi) is 6.30. The zero-order valence-corrected chi connectivity index (χ0v) is 15.3. The van der Waals surface area contributed by atoms with Crippen LogP contribution in [0.25, 0.3) is 0 Å². The van der Waals surface area contributed by atoms with Gasteiger partial charge in [-0.3, -0.25) is 20.2 Å². The Hall–Kier alpha value is -2.49. The second kappa shape index (κ2) is 8.26. The molecule has 1 amide bonds. The number of anilines is 1. The summed E-state index contributed by atoms with van der Waals surface area (Å²) in [6.07, 6.45) is 0. The highest BCUT2D eigenvalue weighted by Gasteiger charge is 2.16. The van der Waals surface area contributed by atoms with Crippen LogP contribution in [-0.2, 0) is 0 Å². The lowest BCUT2D eigenvalue weighted by Gasteiger charge is -2.12. The van der Waals surface area contributed by atoms with Crippen molar-refractivity contribution in [2.24, 2.45) is 0 Å². The second-order valence-corrected chi connectivity index (χ2v) is 6.03. The van der Waals surface area contributed by atoms with Gasteiger partial charge in [-0.15, -0.1) is 0 Å². The van der Waals surface area contributed by atoms with E-state index in [0.717, 1.165) is 18.2 Å². The number of methoxy groups -OCH3 is 1. The summed E-state index contributed by atoms with van der Waals surface area (Å²) in [5, 5.41) is 15.4. The summed E-state index contributed by atoms with van der Waals surface area (Å²) in [5.41, 5.74) is -0.503. The van der Waals surface area contributed by atoms with E-state index in [0.29, 0.717) is 0 Å². The van der Waals surface area contributed by atoms with Gasteiger partial charge in [0, 0.05) is 17.7 Å². The van der Waals surface area contributed by atoms with Crippen molar-refractivity contribution in [1.82, 2.24) is 5.32 Å². The molecule has 2 aromatic carbocycles. The molecule has 0 unspecified atom stereocenters. The molecule has 11 heteroatoms. The van der Waals surface area contributed by atoms with Crippen LogP contribution in [-0.4, -0.2) is 23.1 Å². The van der Waals surface area contributed by atoms with Gasteiger partial charge in [0.2, 0.25) is 0 Å². The van der Waals surface area contributed by atoms with Gasteiger partial charge in [0.05, 0.1) is 27.8 Å². The predicted molar refractivity (Wildman–Crippen MR) is 99.8 cm³/mol. The topological polar surface area (TPSA) is 93.5 Å². The Morgan fingerprint density at radius 1 is 1.27 bits per heavy atom. The normalized spacial score (nSPS) is 10.2. The summed E-state index contributed by atoms with van der Waals surface area (Å²) in [5.74, 6) is -1.23. The van der Waals surface area contributed by atoms with E-state index in [1.807, 2.05) is 0 Å². The van der Waals surface area contributed by atoms with Crippen LogP contribution in [0.3, 0.4) is 0 Å². The molecule has 0 fully saturated rings. The number of nitro groups is 1. The van der Waals surface area contributed by atoms with Gasteiger partial charge >= 0.3 is 0 Å². The van der Waals surface area contributed by atoms with Crippen molar-refractivity contribution in [3.05, 3.63) is 61.9 Å². The van der Waals surface area contributed by atoms with E-state index >= 15 is 0 Å². The van der Waals surface area contributed by atoms with Crippen LogP contribution in [0.5, 0.6) is 5.75 Å². The van der Waals surface area contributed by atoms with Crippen LogP contribution >= 0.6 is 35.4 Å². The predicted octanol–water partition coefficient (Wildman–Crippen LogP) is 4.18. The van der Waals surface area contributed by atoms with E-state index in [1.165, 1.54) is 19.2 Å². The number of benzene rings is 2. The molecule has 0 saturated heterocycles. The highest BCUT2D eigenvalue weighted by atomic mass is 35.5. The molecule has 0 saturated carbocycles. The molecule has 2 rings (SSSR count). The fourth-order valence-corrected chi connectivity index (χ4v) is 2.78. The second-order valence-electron chi connectivity index (χ2n) is 4.80. The number of halogens is 3. The standard InChI is InChI=1S/C15H10Cl2FN3O4S/c1-25-13-9(16)4-7(5-10(13)17)14(22)20-15(26)19-12-6-8(21(23)24)2-3-11(12)18/h2-6H,1H3,(H2,19,20,22,26). The number of nitrogens with zero attached hydrogens (tertiary/aromatic N) is 1. The molecule has 0 aliphatic rings. The maximum Gasteiger partial charge on any atom is 0.271 e. The number of rotatable bonds is 4. The molecule has 0 atom stereocenters. The maximum atomic E-state index is 13.7. The average molecular weight is 418 g/mol. The highest BCUT2D eigenvalue weighted by molar-refractivity contribution is 7.80. The number of ether oxygens (including phenoxy) is 1. The van der Waals surface area contributed by atoms with Crippen molar-refractivity contribution in [1.29, 1.82) is 0 Å². The number of amides is 1. The molecule has 2 N–H and O–H groups in total. The fraction of sp³-hybridized carbons (Fsp3) is 0.0667. The quantitative estimate of drug-likeness (QED) is 0.440. The van der Waals surface area contributed by atoms with E-state index in [2.05, 4.69) is 10.6 Å². The number of nitro benzene ring substituents is 1. The molecule has 0 spiro atoms. The average Bonchev–Trinajstić information content (AvgIpc) is 2.56. The monoisotopic (exact) mass is 417 g/mol. The SMILES string of the molecule is COc1c(Cl)cc(C(=O)NC(=S)Nc2cc([N+](=O)[O-])ccc2F)cc1Cl. The number of hydrogen-bond donors (Lipinski definition) is 2. The van der Waals surface area contributed by atoms with Crippen LogP contribution in [0.1, 0.15) is 10.4 Å². The Morgan fingerprint density at radius 2 is 1.88 bits per heavy atom. The lowest BCUT2D eigenvalue weighted by atomic mass is 10.2. The minimum atomic E-state index is -0.775. The highest BCUT2D eigenvalue weighted by Crippen LogP contribution is 2.33. The van der Waals surface area contributed by atoms with Gasteiger partial charge in [-0.25, -0.2) is 4.39 Å². The van der Waals surface area contributed by atoms with Crippen molar-refractivity contribution in [2.45, 2.75) is 0 Å². The van der Waals surface area contributed by atoms with Gasteiger partial charge in [-0.1, -0.05) is 23.2 Å². The van der Waals surface area contributed by atoms with Crippen molar-refractivity contribution in [2.75, 3.05) is 12.4 Å². The number of carbonyl (C=O) groups is 1. The van der Waals surface area contributed by atoms with Crippen molar-refractivity contribution in [3.8, 4) is 5.75 Å².